The SMILES string of the molecule is COC(=O)/C=C/CCC([Si](C)(C)C(C)(C)C)P(=O)(OC)OC. The Morgan fingerprint density at radius 1 is 1.18 bits per heavy atom. The lowest BCUT2D eigenvalue weighted by molar-refractivity contribution is -0.134. The smallest absolute Gasteiger partial charge is 0.330 e. The van der Waals surface area contributed by atoms with E-state index in [-0.39, 0.29) is 16.3 Å². The summed E-state index contributed by atoms with van der Waals surface area (Å²) in [6, 6.07) is 0. The standard InChI is InChI=1S/C15H31O5PSi/c1-15(2,3)22(7,8)14(21(17,19-5)20-6)12-10-9-11-13(16)18-4/h9,11,14H,10,12H2,1-8H3/b11-9+. The summed E-state index contributed by atoms with van der Waals surface area (Å²) >= 11 is 0. The molecular weight excluding hydrogens is 319 g/mol. The first-order valence-electron chi connectivity index (χ1n) is 7.42. The largest absolute Gasteiger partial charge is 0.466 e. The van der Waals surface area contributed by atoms with Crippen molar-refractivity contribution in [2.24, 2.45) is 0 Å². The van der Waals surface area contributed by atoms with Gasteiger partial charge in [0, 0.05) is 20.3 Å². The van der Waals surface area contributed by atoms with Crippen molar-refractivity contribution in [1.82, 2.24) is 0 Å². The molecule has 0 aliphatic carbocycles. The zero-order valence-electron chi connectivity index (χ0n) is 15.1. The Bertz CT molecular complexity index is 432. The first-order valence-corrected chi connectivity index (χ1v) is 12.1. The second kappa shape index (κ2) is 8.43. The fourth-order valence-corrected chi connectivity index (χ4v) is 10.2. The summed E-state index contributed by atoms with van der Waals surface area (Å²) in [6.07, 6.45) is 4.43. The highest BCUT2D eigenvalue weighted by atomic mass is 31.2. The van der Waals surface area contributed by atoms with E-state index in [1.54, 1.807) is 6.08 Å². The van der Waals surface area contributed by atoms with Gasteiger partial charge in [-0.25, -0.2) is 4.79 Å². The molecule has 1 atom stereocenters. The van der Waals surface area contributed by atoms with Gasteiger partial charge in [-0.05, 0) is 17.9 Å². The molecule has 0 amide bonds. The van der Waals surface area contributed by atoms with E-state index in [4.69, 9.17) is 9.05 Å². The first kappa shape index (κ1) is 21.6. The van der Waals surface area contributed by atoms with Crippen molar-refractivity contribution in [1.29, 1.82) is 0 Å². The van der Waals surface area contributed by atoms with Gasteiger partial charge in [0.1, 0.15) is 0 Å². The predicted molar refractivity (Wildman–Crippen MR) is 93.0 cm³/mol. The van der Waals surface area contributed by atoms with Gasteiger partial charge in [-0.3, -0.25) is 4.57 Å². The molecule has 0 aromatic carbocycles. The minimum absolute atomic E-state index is 0.0520. The Morgan fingerprint density at radius 2 is 1.68 bits per heavy atom. The molecular formula is C15H31O5PSi. The molecule has 0 aliphatic rings. The van der Waals surface area contributed by atoms with Gasteiger partial charge in [0.25, 0.3) is 0 Å². The molecule has 22 heavy (non-hydrogen) atoms. The van der Waals surface area contributed by atoms with Gasteiger partial charge in [0.2, 0.25) is 0 Å². The van der Waals surface area contributed by atoms with Gasteiger partial charge in [0.05, 0.1) is 20.5 Å². The van der Waals surface area contributed by atoms with Gasteiger partial charge >= 0.3 is 13.6 Å². The van der Waals surface area contributed by atoms with E-state index in [9.17, 15) is 9.36 Å². The number of methoxy groups -OCH3 is 1. The lowest BCUT2D eigenvalue weighted by Gasteiger charge is -2.44. The van der Waals surface area contributed by atoms with Gasteiger partial charge < -0.3 is 13.8 Å². The number of ether oxygens (including phenoxy) is 1. The molecule has 0 spiro atoms. The molecule has 0 aromatic heterocycles. The van der Waals surface area contributed by atoms with Gasteiger partial charge in [-0.1, -0.05) is 39.9 Å². The van der Waals surface area contributed by atoms with Crippen LogP contribution in [0, 0.1) is 0 Å². The van der Waals surface area contributed by atoms with Crippen molar-refractivity contribution >= 4 is 21.6 Å². The minimum atomic E-state index is -3.17. The zero-order chi connectivity index (χ0) is 17.6. The molecule has 0 rings (SSSR count). The second-order valence-electron chi connectivity index (χ2n) is 6.90. The molecule has 0 fully saturated rings. The normalized spacial score (nSPS) is 15.1. The highest BCUT2D eigenvalue weighted by Crippen LogP contribution is 2.60. The number of carbonyl (C=O) groups is 1. The van der Waals surface area contributed by atoms with Crippen LogP contribution in [0.5, 0.6) is 0 Å². The van der Waals surface area contributed by atoms with E-state index in [1.807, 2.05) is 0 Å². The molecule has 0 N–H and O–H groups in total. The van der Waals surface area contributed by atoms with E-state index in [0.29, 0.717) is 12.8 Å². The number of esters is 1. The molecule has 0 aliphatic heterocycles. The lowest BCUT2D eigenvalue weighted by atomic mass is 10.2. The van der Waals surface area contributed by atoms with E-state index in [1.165, 1.54) is 27.4 Å². The van der Waals surface area contributed by atoms with Crippen LogP contribution in [-0.4, -0.2) is 40.7 Å². The van der Waals surface area contributed by atoms with Gasteiger partial charge in [-0.2, -0.15) is 0 Å². The topological polar surface area (TPSA) is 61.8 Å². The van der Waals surface area contributed by atoms with Crippen LogP contribution in [0.4, 0.5) is 0 Å². The Labute approximate surface area is 136 Å². The summed E-state index contributed by atoms with van der Waals surface area (Å²) in [6.45, 7) is 10.9. The lowest BCUT2D eigenvalue weighted by Crippen LogP contribution is -2.49. The quantitative estimate of drug-likeness (QED) is 0.281. The van der Waals surface area contributed by atoms with E-state index >= 15 is 0 Å². The third-order valence-corrected chi connectivity index (χ3v) is 15.5. The maximum Gasteiger partial charge on any atom is 0.330 e. The molecule has 0 heterocycles. The number of hydrogen-bond acceptors (Lipinski definition) is 5. The fraction of sp³-hybridized carbons (Fsp3) is 0.800. The summed E-state index contributed by atoms with van der Waals surface area (Å²) in [7, 11) is -0.908. The van der Waals surface area contributed by atoms with Crippen LogP contribution in [0.1, 0.15) is 33.6 Å². The van der Waals surface area contributed by atoms with Crippen LogP contribution < -0.4 is 0 Å². The summed E-state index contributed by atoms with van der Waals surface area (Å²) in [5, 5.41) is -0.0894. The van der Waals surface area contributed by atoms with Crippen LogP contribution in [0.3, 0.4) is 0 Å². The summed E-state index contributed by atoms with van der Waals surface area (Å²) in [5.74, 6) is -0.384. The Morgan fingerprint density at radius 3 is 2.05 bits per heavy atom. The van der Waals surface area contributed by atoms with Crippen LogP contribution >= 0.6 is 7.60 Å². The number of hydrogen-bond donors (Lipinski definition) is 0. The van der Waals surface area contributed by atoms with Crippen LogP contribution in [0.15, 0.2) is 12.2 Å². The Kier molecular flexibility index (Phi) is 8.27. The first-order chi connectivity index (χ1) is 9.96. The number of rotatable bonds is 8. The highest BCUT2D eigenvalue weighted by Gasteiger charge is 2.51. The molecule has 130 valence electrons. The summed E-state index contributed by atoms with van der Waals surface area (Å²) in [5.41, 5.74) is 0. The molecule has 5 nitrogen and oxygen atoms in total. The maximum absolute atomic E-state index is 13.0. The zero-order valence-corrected chi connectivity index (χ0v) is 17.0. The van der Waals surface area contributed by atoms with Crippen molar-refractivity contribution in [2.45, 2.75) is 57.0 Å². The van der Waals surface area contributed by atoms with Crippen molar-refractivity contribution in [3.8, 4) is 0 Å². The maximum atomic E-state index is 13.0. The van der Waals surface area contributed by atoms with Gasteiger partial charge in [0.15, 0.2) is 0 Å². The molecule has 0 saturated heterocycles. The molecule has 0 bridgehead atoms. The Hall–Kier alpha value is -0.423. The van der Waals surface area contributed by atoms with E-state index in [2.05, 4.69) is 38.6 Å². The van der Waals surface area contributed by atoms with Crippen LogP contribution in [0.25, 0.3) is 0 Å². The van der Waals surface area contributed by atoms with Crippen LogP contribution in [0.2, 0.25) is 18.1 Å². The average molecular weight is 350 g/mol. The summed E-state index contributed by atoms with van der Waals surface area (Å²) < 4.78 is 28.1. The Balaban J connectivity index is 5.34. The highest BCUT2D eigenvalue weighted by molar-refractivity contribution is 7.58. The van der Waals surface area contributed by atoms with E-state index in [0.717, 1.165) is 0 Å². The van der Waals surface area contributed by atoms with Crippen molar-refractivity contribution in [3.05, 3.63) is 12.2 Å². The number of carbonyl (C=O) groups excluding carboxylic acids is 1. The third-order valence-electron chi connectivity index (χ3n) is 4.72. The molecule has 7 heteroatoms. The van der Waals surface area contributed by atoms with Crippen molar-refractivity contribution in [2.75, 3.05) is 21.3 Å². The fourth-order valence-electron chi connectivity index (χ4n) is 2.24. The number of allylic oxidation sites excluding steroid dienone is 1. The summed E-state index contributed by atoms with van der Waals surface area (Å²) in [4.78, 5) is 11.1. The molecule has 1 unspecified atom stereocenters. The molecule has 0 saturated carbocycles. The van der Waals surface area contributed by atoms with Crippen LogP contribution in [-0.2, 0) is 23.1 Å². The molecule has 0 aromatic rings. The predicted octanol–water partition coefficient (Wildman–Crippen LogP) is 4.40. The van der Waals surface area contributed by atoms with E-state index < -0.39 is 15.7 Å². The van der Waals surface area contributed by atoms with Gasteiger partial charge in [-0.15, -0.1) is 0 Å². The average Bonchev–Trinajstić information content (AvgIpc) is 2.44. The van der Waals surface area contributed by atoms with Crippen molar-refractivity contribution < 1.29 is 23.1 Å². The third kappa shape index (κ3) is 5.34. The monoisotopic (exact) mass is 350 g/mol. The van der Waals surface area contributed by atoms with Crippen molar-refractivity contribution in [3.63, 3.8) is 0 Å². The minimum Gasteiger partial charge on any atom is -0.466 e. The second-order valence-corrected chi connectivity index (χ2v) is 15.5. The molecule has 0 radical (unpaired) electrons.